The maximum atomic E-state index is 13.7. The van der Waals surface area contributed by atoms with Crippen molar-refractivity contribution in [2.75, 3.05) is 6.26 Å². The minimum atomic E-state index is -3.34. The van der Waals surface area contributed by atoms with Crippen molar-refractivity contribution >= 4 is 25.8 Å². The first-order valence-electron chi connectivity index (χ1n) is 5.21. The third-order valence-corrected chi connectivity index (χ3v) is 5.17. The number of nitrogens with two attached hydrogens (primary N) is 1. The molecule has 3 nitrogen and oxygen atoms in total. The summed E-state index contributed by atoms with van der Waals surface area (Å²) < 4.78 is 49.9. The van der Waals surface area contributed by atoms with Crippen LogP contribution in [0.1, 0.15) is 12.5 Å². The molecule has 0 amide bonds. The molecule has 0 saturated carbocycles. The molecule has 18 heavy (non-hydrogen) atoms. The molecule has 0 aliphatic heterocycles. The monoisotopic (exact) mass is 341 g/mol. The fourth-order valence-electron chi connectivity index (χ4n) is 1.48. The van der Waals surface area contributed by atoms with Crippen molar-refractivity contribution in [3.8, 4) is 0 Å². The molecule has 2 N–H and O–H groups in total. The number of benzene rings is 1. The van der Waals surface area contributed by atoms with E-state index in [0.29, 0.717) is 0 Å². The Balaban J connectivity index is 3.02. The quantitative estimate of drug-likeness (QED) is 0.852. The van der Waals surface area contributed by atoms with E-state index in [9.17, 15) is 17.2 Å². The molecule has 1 aromatic rings. The van der Waals surface area contributed by atoms with E-state index < -0.39 is 32.8 Å². The molecular weight excluding hydrogens is 328 g/mol. The number of rotatable bonds is 4. The van der Waals surface area contributed by atoms with Gasteiger partial charge in [0.1, 0.15) is 11.6 Å². The van der Waals surface area contributed by atoms with Crippen molar-refractivity contribution in [1.82, 2.24) is 0 Å². The normalized spacial score (nSPS) is 15.4. The molecular formula is C11H14BrF2NO2S. The standard InChI is InChI=1S/C11H14BrF2NO2S/c1-6(18(2,16)17)10(15)5-7-9(13)4-3-8(12)11(7)14/h3-4,6,10H,5,15H2,1-2H3. The predicted octanol–water partition coefficient (Wildman–Crippen LogP) is 2.03. The lowest BCUT2D eigenvalue weighted by atomic mass is 10.0. The number of hydrogen-bond acceptors (Lipinski definition) is 3. The van der Waals surface area contributed by atoms with Crippen LogP contribution in [-0.4, -0.2) is 26.0 Å². The Kier molecular flexibility index (Phi) is 4.85. The van der Waals surface area contributed by atoms with Gasteiger partial charge in [-0.15, -0.1) is 0 Å². The summed E-state index contributed by atoms with van der Waals surface area (Å²) in [5, 5.41) is -0.865. The molecule has 1 rings (SSSR count). The van der Waals surface area contributed by atoms with E-state index in [1.165, 1.54) is 13.0 Å². The SMILES string of the molecule is CC(C(N)Cc1c(F)ccc(Br)c1F)S(C)(=O)=O. The summed E-state index contributed by atoms with van der Waals surface area (Å²) in [5.41, 5.74) is 5.49. The third kappa shape index (κ3) is 3.49. The van der Waals surface area contributed by atoms with Crippen LogP contribution in [0.15, 0.2) is 16.6 Å². The zero-order valence-electron chi connectivity index (χ0n) is 9.95. The number of halogens is 3. The van der Waals surface area contributed by atoms with Gasteiger partial charge in [0.2, 0.25) is 0 Å². The summed E-state index contributed by atoms with van der Waals surface area (Å²) in [6, 6.07) is 1.50. The molecule has 2 atom stereocenters. The smallest absolute Gasteiger partial charge is 0.151 e. The Bertz CT molecular complexity index is 548. The zero-order valence-corrected chi connectivity index (χ0v) is 12.4. The Hall–Kier alpha value is -0.530. The van der Waals surface area contributed by atoms with Crippen LogP contribution >= 0.6 is 15.9 Å². The molecule has 0 aromatic heterocycles. The van der Waals surface area contributed by atoms with Crippen LogP contribution in [0.4, 0.5) is 8.78 Å². The highest BCUT2D eigenvalue weighted by Crippen LogP contribution is 2.23. The molecule has 7 heteroatoms. The van der Waals surface area contributed by atoms with Gasteiger partial charge in [0, 0.05) is 17.9 Å². The molecule has 2 unspecified atom stereocenters. The first-order chi connectivity index (χ1) is 8.14. The molecule has 0 aliphatic rings. The molecule has 0 spiro atoms. The number of sulfone groups is 1. The summed E-state index contributed by atoms with van der Waals surface area (Å²) in [6.07, 6.45) is 0.872. The first kappa shape index (κ1) is 15.5. The highest BCUT2D eigenvalue weighted by atomic mass is 79.9. The fourth-order valence-corrected chi connectivity index (χ4v) is 2.58. The first-order valence-corrected chi connectivity index (χ1v) is 7.96. The molecule has 0 radical (unpaired) electrons. The minimum absolute atomic E-state index is 0.123. The average Bonchev–Trinajstić information content (AvgIpc) is 2.27. The lowest BCUT2D eigenvalue weighted by molar-refractivity contribution is 0.518. The van der Waals surface area contributed by atoms with Crippen LogP contribution in [0.2, 0.25) is 0 Å². The second-order valence-electron chi connectivity index (χ2n) is 4.22. The molecule has 102 valence electrons. The van der Waals surface area contributed by atoms with Gasteiger partial charge in [0.25, 0.3) is 0 Å². The van der Waals surface area contributed by atoms with Gasteiger partial charge in [0.15, 0.2) is 9.84 Å². The van der Waals surface area contributed by atoms with E-state index in [4.69, 9.17) is 5.73 Å². The Morgan fingerprint density at radius 1 is 1.39 bits per heavy atom. The van der Waals surface area contributed by atoms with Crippen molar-refractivity contribution < 1.29 is 17.2 Å². The largest absolute Gasteiger partial charge is 0.326 e. The van der Waals surface area contributed by atoms with Crippen molar-refractivity contribution in [3.63, 3.8) is 0 Å². The van der Waals surface area contributed by atoms with E-state index >= 15 is 0 Å². The summed E-state index contributed by atoms with van der Waals surface area (Å²) >= 11 is 2.95. The van der Waals surface area contributed by atoms with E-state index in [0.717, 1.165) is 12.3 Å². The zero-order chi connectivity index (χ0) is 14.1. The summed E-state index contributed by atoms with van der Waals surface area (Å²) in [4.78, 5) is 0. The van der Waals surface area contributed by atoms with Gasteiger partial charge < -0.3 is 5.73 Å². The summed E-state index contributed by atoms with van der Waals surface area (Å²) in [7, 11) is -3.34. The Morgan fingerprint density at radius 3 is 2.44 bits per heavy atom. The van der Waals surface area contributed by atoms with E-state index in [-0.39, 0.29) is 16.5 Å². The maximum absolute atomic E-state index is 13.7. The molecule has 0 saturated heterocycles. The lowest BCUT2D eigenvalue weighted by Crippen LogP contribution is -2.40. The fraction of sp³-hybridized carbons (Fsp3) is 0.455. The van der Waals surface area contributed by atoms with Crippen LogP contribution < -0.4 is 5.73 Å². The van der Waals surface area contributed by atoms with Gasteiger partial charge in [-0.05, 0) is 41.4 Å². The van der Waals surface area contributed by atoms with Crippen molar-refractivity contribution in [2.45, 2.75) is 24.6 Å². The van der Waals surface area contributed by atoms with Crippen LogP contribution in [0.3, 0.4) is 0 Å². The molecule has 0 aliphatic carbocycles. The van der Waals surface area contributed by atoms with Crippen molar-refractivity contribution in [3.05, 3.63) is 33.8 Å². The molecule has 1 aromatic carbocycles. The average molecular weight is 342 g/mol. The summed E-state index contributed by atoms with van der Waals surface area (Å²) in [5.74, 6) is -1.47. The minimum Gasteiger partial charge on any atom is -0.326 e. The van der Waals surface area contributed by atoms with Gasteiger partial charge in [-0.3, -0.25) is 0 Å². The van der Waals surface area contributed by atoms with Gasteiger partial charge in [0.05, 0.1) is 9.72 Å². The predicted molar refractivity (Wildman–Crippen MR) is 70.0 cm³/mol. The second kappa shape index (κ2) is 5.63. The second-order valence-corrected chi connectivity index (χ2v) is 7.48. The van der Waals surface area contributed by atoms with E-state index in [2.05, 4.69) is 15.9 Å². The molecule has 0 bridgehead atoms. The van der Waals surface area contributed by atoms with Crippen LogP contribution in [-0.2, 0) is 16.3 Å². The lowest BCUT2D eigenvalue weighted by Gasteiger charge is -2.19. The van der Waals surface area contributed by atoms with Gasteiger partial charge in [-0.2, -0.15) is 0 Å². The molecule has 0 fully saturated rings. The van der Waals surface area contributed by atoms with Gasteiger partial charge in [-0.25, -0.2) is 17.2 Å². The summed E-state index contributed by atoms with van der Waals surface area (Å²) in [6.45, 7) is 1.42. The Labute approximate surface area is 113 Å². The van der Waals surface area contributed by atoms with Crippen LogP contribution in [0.5, 0.6) is 0 Å². The maximum Gasteiger partial charge on any atom is 0.151 e. The topological polar surface area (TPSA) is 60.2 Å². The Morgan fingerprint density at radius 2 is 1.94 bits per heavy atom. The highest BCUT2D eigenvalue weighted by molar-refractivity contribution is 9.10. The van der Waals surface area contributed by atoms with Crippen molar-refractivity contribution in [2.24, 2.45) is 5.73 Å². The molecule has 0 heterocycles. The highest BCUT2D eigenvalue weighted by Gasteiger charge is 2.25. The van der Waals surface area contributed by atoms with Gasteiger partial charge >= 0.3 is 0 Å². The third-order valence-electron chi connectivity index (χ3n) is 2.86. The van der Waals surface area contributed by atoms with E-state index in [1.807, 2.05) is 0 Å². The van der Waals surface area contributed by atoms with Crippen LogP contribution in [0.25, 0.3) is 0 Å². The van der Waals surface area contributed by atoms with Crippen LogP contribution in [0, 0.1) is 11.6 Å². The number of hydrogen-bond donors (Lipinski definition) is 1. The van der Waals surface area contributed by atoms with Gasteiger partial charge in [-0.1, -0.05) is 0 Å². The van der Waals surface area contributed by atoms with Crippen molar-refractivity contribution in [1.29, 1.82) is 0 Å². The van der Waals surface area contributed by atoms with E-state index in [1.54, 1.807) is 0 Å².